The molecule has 0 aliphatic rings. The molecule has 0 amide bonds. The van der Waals surface area contributed by atoms with Crippen LogP contribution in [0, 0.1) is 0 Å². The molecule has 0 bridgehead atoms. The van der Waals surface area contributed by atoms with Gasteiger partial charge in [-0.3, -0.25) is 4.31 Å². The van der Waals surface area contributed by atoms with E-state index in [0.717, 1.165) is 5.94 Å². The topological polar surface area (TPSA) is 12.5 Å². The molecule has 0 aliphatic carbocycles. The molecule has 0 fully saturated rings. The first-order valence-electron chi connectivity index (χ1n) is 3.96. The number of hydrogen-bond donors (Lipinski definition) is 0. The zero-order valence-electron chi connectivity index (χ0n) is 8.39. The fourth-order valence-corrected chi connectivity index (χ4v) is 2.37. The molecule has 0 rings (SSSR count). The van der Waals surface area contributed by atoms with Gasteiger partial charge in [-0.1, -0.05) is 6.92 Å². The molecular weight excluding hydrogens is 158 g/mol. The van der Waals surface area contributed by atoms with Gasteiger partial charge in [-0.2, -0.15) is 10.2 Å². The summed E-state index contributed by atoms with van der Waals surface area (Å²) >= 11 is 0. The van der Waals surface area contributed by atoms with Crippen molar-refractivity contribution in [1.82, 2.24) is 4.31 Å². The molecule has 0 unspecified atom stereocenters. The Labute approximate surface area is 72.4 Å². The first kappa shape index (κ1) is 11.3. The summed E-state index contributed by atoms with van der Waals surface area (Å²) < 4.78 is 7.58. The van der Waals surface area contributed by atoms with E-state index in [1.54, 1.807) is 7.11 Å². The zero-order valence-corrected chi connectivity index (χ0v) is 9.20. The molecule has 11 heavy (non-hydrogen) atoms. The average molecular weight is 179 g/mol. The lowest BCUT2D eigenvalue weighted by molar-refractivity contribution is 0.252. The Morgan fingerprint density at radius 3 is 2.27 bits per heavy atom. The van der Waals surface area contributed by atoms with E-state index in [2.05, 4.69) is 30.8 Å². The van der Waals surface area contributed by atoms with Gasteiger partial charge in [-0.25, -0.2) is 0 Å². The van der Waals surface area contributed by atoms with Crippen LogP contribution in [0.15, 0.2) is 0 Å². The Morgan fingerprint density at radius 2 is 1.91 bits per heavy atom. The minimum Gasteiger partial charge on any atom is -0.374 e. The van der Waals surface area contributed by atoms with Gasteiger partial charge in [0, 0.05) is 13.7 Å². The summed E-state index contributed by atoms with van der Waals surface area (Å²) in [5.74, 6) is 0.878. The van der Waals surface area contributed by atoms with E-state index >= 15 is 0 Å². The van der Waals surface area contributed by atoms with E-state index in [4.69, 9.17) is 4.74 Å². The standard InChI is InChI=1S/C8H21NOS/c1-6-7-9(2)11(4,5)8-10-3/h6-8H2,1-5H3. The lowest BCUT2D eigenvalue weighted by Crippen LogP contribution is -2.25. The molecule has 0 N–H and O–H groups in total. The maximum Gasteiger partial charge on any atom is 0.0873 e. The minimum atomic E-state index is -0.661. The van der Waals surface area contributed by atoms with Crippen LogP contribution in [-0.4, -0.2) is 43.5 Å². The lowest BCUT2D eigenvalue weighted by Gasteiger charge is -2.40. The molecule has 0 aliphatic heterocycles. The zero-order chi connectivity index (χ0) is 8.91. The quantitative estimate of drug-likeness (QED) is 0.639. The van der Waals surface area contributed by atoms with Gasteiger partial charge >= 0.3 is 0 Å². The van der Waals surface area contributed by atoms with Crippen molar-refractivity contribution in [3.05, 3.63) is 0 Å². The van der Waals surface area contributed by atoms with E-state index in [1.165, 1.54) is 13.0 Å². The fourth-order valence-electron chi connectivity index (χ4n) is 0.940. The van der Waals surface area contributed by atoms with Crippen LogP contribution in [0.25, 0.3) is 0 Å². The highest BCUT2D eigenvalue weighted by Crippen LogP contribution is 2.42. The Hall–Kier alpha value is 0.270. The highest BCUT2D eigenvalue weighted by Gasteiger charge is 2.15. The third-order valence-corrected chi connectivity index (χ3v) is 4.47. The maximum absolute atomic E-state index is 5.17. The predicted molar refractivity (Wildman–Crippen MR) is 54.2 cm³/mol. The fraction of sp³-hybridized carbons (Fsp3) is 1.00. The summed E-state index contributed by atoms with van der Waals surface area (Å²) in [6.45, 7) is 3.38. The van der Waals surface area contributed by atoms with Gasteiger partial charge in [0.2, 0.25) is 0 Å². The third kappa shape index (κ3) is 3.99. The summed E-state index contributed by atoms with van der Waals surface area (Å²) in [7, 11) is 3.29. The third-order valence-electron chi connectivity index (χ3n) is 1.79. The van der Waals surface area contributed by atoms with Crippen LogP contribution in [0.3, 0.4) is 0 Å². The van der Waals surface area contributed by atoms with Crippen molar-refractivity contribution in [2.75, 3.05) is 39.2 Å². The van der Waals surface area contributed by atoms with Crippen molar-refractivity contribution in [2.45, 2.75) is 13.3 Å². The first-order valence-corrected chi connectivity index (χ1v) is 6.53. The molecule has 0 atom stereocenters. The van der Waals surface area contributed by atoms with Crippen LogP contribution in [0.2, 0.25) is 0 Å². The summed E-state index contributed by atoms with van der Waals surface area (Å²) in [5.41, 5.74) is 0. The van der Waals surface area contributed by atoms with Crippen LogP contribution in [0.5, 0.6) is 0 Å². The Kier molecular flexibility index (Phi) is 5.13. The smallest absolute Gasteiger partial charge is 0.0873 e. The van der Waals surface area contributed by atoms with Crippen LogP contribution < -0.4 is 0 Å². The number of rotatable bonds is 5. The SMILES string of the molecule is CCCN(C)S(C)(C)COC. The number of nitrogens with zero attached hydrogens (tertiary/aromatic N) is 1. The highest BCUT2D eigenvalue weighted by atomic mass is 32.3. The van der Waals surface area contributed by atoms with Crippen molar-refractivity contribution in [3.8, 4) is 0 Å². The first-order chi connectivity index (χ1) is 5.04. The molecule has 0 spiro atoms. The molecule has 0 radical (unpaired) electrons. The Bertz CT molecular complexity index is 106. The molecule has 0 heterocycles. The van der Waals surface area contributed by atoms with Crippen molar-refractivity contribution in [1.29, 1.82) is 0 Å². The van der Waals surface area contributed by atoms with E-state index < -0.39 is 10.2 Å². The summed E-state index contributed by atoms with van der Waals surface area (Å²) in [6.07, 6.45) is 5.79. The summed E-state index contributed by atoms with van der Waals surface area (Å²) in [4.78, 5) is 0. The normalized spacial score (nSPS) is 14.0. The minimum absolute atomic E-state index is 0.661. The monoisotopic (exact) mass is 179 g/mol. The van der Waals surface area contributed by atoms with Crippen molar-refractivity contribution in [3.63, 3.8) is 0 Å². The molecule has 0 aromatic rings. The Balaban J connectivity index is 3.83. The largest absolute Gasteiger partial charge is 0.374 e. The van der Waals surface area contributed by atoms with Crippen molar-refractivity contribution < 1.29 is 4.74 Å². The molecular formula is C8H21NOS. The van der Waals surface area contributed by atoms with Gasteiger partial charge in [0.05, 0.1) is 5.94 Å². The molecule has 0 aromatic heterocycles. The number of methoxy groups -OCH3 is 1. The van der Waals surface area contributed by atoms with Crippen molar-refractivity contribution in [2.24, 2.45) is 0 Å². The van der Waals surface area contributed by atoms with Crippen LogP contribution in [-0.2, 0) is 4.74 Å². The second-order valence-electron chi connectivity index (χ2n) is 3.24. The van der Waals surface area contributed by atoms with Crippen LogP contribution >= 0.6 is 10.2 Å². The van der Waals surface area contributed by atoms with Crippen molar-refractivity contribution >= 4 is 10.2 Å². The van der Waals surface area contributed by atoms with E-state index in [1.807, 2.05) is 0 Å². The summed E-state index contributed by atoms with van der Waals surface area (Å²) in [6, 6.07) is 0. The number of ether oxygens (including phenoxy) is 1. The van der Waals surface area contributed by atoms with Gasteiger partial charge in [-0.15, -0.1) is 0 Å². The lowest BCUT2D eigenvalue weighted by atomic mass is 10.5. The van der Waals surface area contributed by atoms with E-state index in [-0.39, 0.29) is 0 Å². The predicted octanol–water partition coefficient (Wildman–Crippen LogP) is 1.91. The molecule has 0 saturated heterocycles. The molecule has 3 heteroatoms. The van der Waals surface area contributed by atoms with E-state index in [0.29, 0.717) is 0 Å². The van der Waals surface area contributed by atoms with Gasteiger partial charge < -0.3 is 4.74 Å². The molecule has 70 valence electrons. The molecule has 2 nitrogen and oxygen atoms in total. The summed E-state index contributed by atoms with van der Waals surface area (Å²) in [5, 5.41) is 0. The second kappa shape index (κ2) is 5.01. The van der Waals surface area contributed by atoms with Crippen LogP contribution in [0.1, 0.15) is 13.3 Å². The van der Waals surface area contributed by atoms with Gasteiger partial charge in [0.25, 0.3) is 0 Å². The van der Waals surface area contributed by atoms with Gasteiger partial charge in [-0.05, 0) is 26.0 Å². The highest BCUT2D eigenvalue weighted by molar-refractivity contribution is 8.30. The van der Waals surface area contributed by atoms with Crippen LogP contribution in [0.4, 0.5) is 0 Å². The number of hydrogen-bond acceptors (Lipinski definition) is 2. The Morgan fingerprint density at radius 1 is 1.36 bits per heavy atom. The maximum atomic E-state index is 5.17. The molecule has 0 saturated carbocycles. The van der Waals surface area contributed by atoms with E-state index in [9.17, 15) is 0 Å². The second-order valence-corrected chi connectivity index (χ2v) is 7.06. The average Bonchev–Trinajstić information content (AvgIpc) is 1.88. The van der Waals surface area contributed by atoms with Gasteiger partial charge in [0.1, 0.15) is 0 Å². The molecule has 0 aromatic carbocycles. The van der Waals surface area contributed by atoms with Gasteiger partial charge in [0.15, 0.2) is 0 Å².